The fourth-order valence-electron chi connectivity index (χ4n) is 2.05. The van der Waals surface area contributed by atoms with Crippen LogP contribution in [-0.2, 0) is 20.7 Å². The molecule has 0 atom stereocenters. The van der Waals surface area contributed by atoms with Crippen molar-refractivity contribution in [1.29, 1.82) is 0 Å². The molecule has 0 fully saturated rings. The highest BCUT2D eigenvalue weighted by Crippen LogP contribution is 2.21. The number of benzene rings is 1. The van der Waals surface area contributed by atoms with Gasteiger partial charge in [0.15, 0.2) is 5.60 Å². The average molecular weight is 322 g/mol. The molecule has 0 bridgehead atoms. The number of hydrogen-bond donors (Lipinski definition) is 2. The van der Waals surface area contributed by atoms with Gasteiger partial charge in [0, 0.05) is 6.42 Å². The van der Waals surface area contributed by atoms with E-state index in [0.717, 1.165) is 24.8 Å². The van der Waals surface area contributed by atoms with Gasteiger partial charge in [0.05, 0.1) is 6.61 Å². The maximum Gasteiger partial charge on any atom is 0.349 e. The monoisotopic (exact) mass is 322 g/mol. The minimum Gasteiger partial charge on any atom is -0.476 e. The topological polar surface area (TPSA) is 90.6 Å². The number of esters is 1. The maximum atomic E-state index is 11.8. The van der Waals surface area contributed by atoms with Gasteiger partial charge in [0.25, 0.3) is 0 Å². The molecule has 0 saturated carbocycles. The Morgan fingerprint density at radius 2 is 1.83 bits per heavy atom. The summed E-state index contributed by atoms with van der Waals surface area (Å²) < 4.78 is 10.7. The third kappa shape index (κ3) is 6.69. The molecule has 6 heteroatoms. The lowest BCUT2D eigenvalue weighted by Gasteiger charge is -2.24. The van der Waals surface area contributed by atoms with Crippen LogP contribution >= 0.6 is 0 Å². The number of aryl methyl sites for hydroxylation is 1. The van der Waals surface area contributed by atoms with Gasteiger partial charge in [-0.25, -0.2) is 10.6 Å². The molecule has 0 aromatic heterocycles. The smallest absolute Gasteiger partial charge is 0.349 e. The van der Waals surface area contributed by atoms with E-state index in [9.17, 15) is 9.59 Å². The van der Waals surface area contributed by atoms with E-state index in [4.69, 9.17) is 15.3 Å². The summed E-state index contributed by atoms with van der Waals surface area (Å²) in [5, 5.41) is 0. The van der Waals surface area contributed by atoms with Crippen LogP contribution in [0.3, 0.4) is 0 Å². The third-order valence-corrected chi connectivity index (χ3v) is 3.34. The Kier molecular flexibility index (Phi) is 7.54. The molecule has 0 saturated heterocycles. The number of carbonyl (C=O) groups excluding carboxylic acids is 2. The molecule has 23 heavy (non-hydrogen) atoms. The second kappa shape index (κ2) is 9.15. The molecule has 6 nitrogen and oxygen atoms in total. The number of nitrogens with one attached hydrogen (secondary N) is 1. The summed E-state index contributed by atoms with van der Waals surface area (Å²) in [4.78, 5) is 22.8. The van der Waals surface area contributed by atoms with Gasteiger partial charge in [-0.1, -0.05) is 12.1 Å². The summed E-state index contributed by atoms with van der Waals surface area (Å²) in [6, 6.07) is 7.59. The van der Waals surface area contributed by atoms with Crippen molar-refractivity contribution < 1.29 is 19.1 Å². The summed E-state index contributed by atoms with van der Waals surface area (Å²) in [6.07, 6.45) is 3.00. The van der Waals surface area contributed by atoms with Crippen LogP contribution in [0, 0.1) is 0 Å². The highest BCUT2D eigenvalue weighted by Gasteiger charge is 2.31. The largest absolute Gasteiger partial charge is 0.476 e. The number of amides is 1. The molecule has 0 aliphatic rings. The van der Waals surface area contributed by atoms with Crippen molar-refractivity contribution in [3.8, 4) is 5.75 Å². The number of ether oxygens (including phenoxy) is 2. The summed E-state index contributed by atoms with van der Waals surface area (Å²) in [6.45, 7) is 5.45. The van der Waals surface area contributed by atoms with Gasteiger partial charge in [-0.2, -0.15) is 0 Å². The molecule has 0 spiro atoms. The standard InChI is InChI=1S/C17H26N2O4/c1-4-22-16(21)17(2,3)23-14-11-9-13(10-12-14)7-5-6-8-15(20)19-18/h9-12H,4-8,18H2,1-3H3,(H,19,20). The molecule has 3 N–H and O–H groups in total. The maximum absolute atomic E-state index is 11.8. The Balaban J connectivity index is 2.47. The number of nitrogens with two attached hydrogens (primary N) is 1. The predicted molar refractivity (Wildman–Crippen MR) is 87.7 cm³/mol. The Labute approximate surface area is 137 Å². The molecule has 1 aromatic rings. The SMILES string of the molecule is CCOC(=O)C(C)(C)Oc1ccc(CCCCC(=O)NN)cc1. The van der Waals surface area contributed by atoms with E-state index in [0.29, 0.717) is 18.8 Å². The van der Waals surface area contributed by atoms with E-state index < -0.39 is 5.60 Å². The lowest BCUT2D eigenvalue weighted by Crippen LogP contribution is -2.39. The van der Waals surface area contributed by atoms with Crippen molar-refractivity contribution in [2.45, 2.75) is 52.1 Å². The summed E-state index contributed by atoms with van der Waals surface area (Å²) in [7, 11) is 0. The highest BCUT2D eigenvalue weighted by molar-refractivity contribution is 5.79. The molecule has 1 aromatic carbocycles. The number of rotatable bonds is 9. The average Bonchev–Trinajstić information content (AvgIpc) is 2.52. The lowest BCUT2D eigenvalue weighted by molar-refractivity contribution is -0.158. The first kappa shape index (κ1) is 19.0. The van der Waals surface area contributed by atoms with Gasteiger partial charge in [-0.3, -0.25) is 10.2 Å². The van der Waals surface area contributed by atoms with Gasteiger partial charge in [-0.05, 0) is 57.7 Å². The van der Waals surface area contributed by atoms with Crippen molar-refractivity contribution >= 4 is 11.9 Å². The molecule has 0 radical (unpaired) electrons. The highest BCUT2D eigenvalue weighted by atomic mass is 16.6. The Hall–Kier alpha value is -2.08. The summed E-state index contributed by atoms with van der Waals surface area (Å²) in [5.41, 5.74) is 2.25. The van der Waals surface area contributed by atoms with Crippen LogP contribution in [0.25, 0.3) is 0 Å². The fraction of sp³-hybridized carbons (Fsp3) is 0.529. The van der Waals surface area contributed by atoms with E-state index in [1.807, 2.05) is 24.3 Å². The van der Waals surface area contributed by atoms with Gasteiger partial charge in [0.1, 0.15) is 5.75 Å². The molecule has 0 aliphatic carbocycles. The number of carbonyl (C=O) groups is 2. The van der Waals surface area contributed by atoms with E-state index in [1.54, 1.807) is 20.8 Å². The van der Waals surface area contributed by atoms with Gasteiger partial charge in [-0.15, -0.1) is 0 Å². The molecular formula is C17H26N2O4. The summed E-state index contributed by atoms with van der Waals surface area (Å²) >= 11 is 0. The first-order chi connectivity index (χ1) is 10.9. The Morgan fingerprint density at radius 1 is 1.17 bits per heavy atom. The van der Waals surface area contributed by atoms with Crippen LogP contribution in [-0.4, -0.2) is 24.1 Å². The van der Waals surface area contributed by atoms with Gasteiger partial charge in [0.2, 0.25) is 5.91 Å². The van der Waals surface area contributed by atoms with E-state index in [1.165, 1.54) is 0 Å². The van der Waals surface area contributed by atoms with Crippen LogP contribution in [0.15, 0.2) is 24.3 Å². The first-order valence-electron chi connectivity index (χ1n) is 7.83. The van der Waals surface area contributed by atoms with Crippen LogP contribution < -0.4 is 16.0 Å². The third-order valence-electron chi connectivity index (χ3n) is 3.34. The lowest BCUT2D eigenvalue weighted by atomic mass is 10.1. The predicted octanol–water partition coefficient (Wildman–Crippen LogP) is 2.11. The van der Waals surface area contributed by atoms with Crippen LogP contribution in [0.1, 0.15) is 45.6 Å². The summed E-state index contributed by atoms with van der Waals surface area (Å²) in [5.74, 6) is 5.12. The molecule has 128 valence electrons. The fourth-order valence-corrected chi connectivity index (χ4v) is 2.05. The van der Waals surface area contributed by atoms with Crippen molar-refractivity contribution in [2.24, 2.45) is 5.84 Å². The van der Waals surface area contributed by atoms with Crippen LogP contribution in [0.4, 0.5) is 0 Å². The molecule has 0 aliphatic heterocycles. The molecular weight excluding hydrogens is 296 g/mol. The molecule has 1 rings (SSSR count). The van der Waals surface area contributed by atoms with Crippen molar-refractivity contribution in [1.82, 2.24) is 5.43 Å². The normalized spacial score (nSPS) is 11.0. The molecule has 0 heterocycles. The minimum atomic E-state index is -1.02. The van der Waals surface area contributed by atoms with Crippen molar-refractivity contribution in [3.05, 3.63) is 29.8 Å². The number of hydrogen-bond acceptors (Lipinski definition) is 5. The van der Waals surface area contributed by atoms with Crippen molar-refractivity contribution in [3.63, 3.8) is 0 Å². The second-order valence-corrected chi connectivity index (χ2v) is 5.75. The Morgan fingerprint density at radius 3 is 2.39 bits per heavy atom. The zero-order valence-corrected chi connectivity index (χ0v) is 14.1. The van der Waals surface area contributed by atoms with Crippen LogP contribution in [0.2, 0.25) is 0 Å². The van der Waals surface area contributed by atoms with Crippen LogP contribution in [0.5, 0.6) is 5.75 Å². The zero-order valence-electron chi connectivity index (χ0n) is 14.1. The minimum absolute atomic E-state index is 0.144. The zero-order chi connectivity index (χ0) is 17.3. The number of hydrazine groups is 1. The molecule has 0 unspecified atom stereocenters. The number of unbranched alkanes of at least 4 members (excludes halogenated alkanes) is 1. The first-order valence-corrected chi connectivity index (χ1v) is 7.83. The van der Waals surface area contributed by atoms with Gasteiger partial charge < -0.3 is 9.47 Å². The molecule has 1 amide bonds. The Bertz CT molecular complexity index is 512. The quantitative estimate of drug-likeness (QED) is 0.239. The van der Waals surface area contributed by atoms with E-state index >= 15 is 0 Å². The van der Waals surface area contributed by atoms with Gasteiger partial charge >= 0.3 is 5.97 Å². The van der Waals surface area contributed by atoms with E-state index in [2.05, 4.69) is 5.43 Å². The van der Waals surface area contributed by atoms with Crippen molar-refractivity contribution in [2.75, 3.05) is 6.61 Å². The van der Waals surface area contributed by atoms with E-state index in [-0.39, 0.29) is 11.9 Å². The second-order valence-electron chi connectivity index (χ2n) is 5.75.